The van der Waals surface area contributed by atoms with E-state index in [1.54, 1.807) is 50.1 Å². The van der Waals surface area contributed by atoms with Crippen LogP contribution in [0.5, 0.6) is 11.5 Å². The third-order valence-corrected chi connectivity index (χ3v) is 7.44. The van der Waals surface area contributed by atoms with Crippen molar-refractivity contribution in [2.75, 3.05) is 26.2 Å². The fourth-order valence-corrected chi connectivity index (χ4v) is 5.14. The minimum Gasteiger partial charge on any atom is -0.497 e. The molecule has 0 N–H and O–H groups in total. The lowest BCUT2D eigenvalue weighted by Crippen LogP contribution is -2.67. The molecule has 38 heavy (non-hydrogen) atoms. The van der Waals surface area contributed by atoms with E-state index in [9.17, 15) is 9.59 Å². The number of morpholine rings is 1. The first-order valence-electron chi connectivity index (χ1n) is 12.6. The number of ether oxygens (including phenoxy) is 4. The van der Waals surface area contributed by atoms with Crippen molar-refractivity contribution in [3.8, 4) is 11.5 Å². The van der Waals surface area contributed by atoms with Crippen molar-refractivity contribution < 1.29 is 28.5 Å². The summed E-state index contributed by atoms with van der Waals surface area (Å²) >= 11 is 0. The van der Waals surface area contributed by atoms with E-state index in [2.05, 4.69) is 0 Å². The molecule has 2 aliphatic heterocycles. The molecule has 198 valence electrons. The summed E-state index contributed by atoms with van der Waals surface area (Å²) in [4.78, 5) is 30.4. The Hall–Kier alpha value is -3.88. The van der Waals surface area contributed by atoms with E-state index in [1.807, 2.05) is 73.7 Å². The lowest BCUT2D eigenvalue weighted by Gasteiger charge is -2.52. The van der Waals surface area contributed by atoms with Gasteiger partial charge in [-0.1, -0.05) is 42.5 Å². The first kappa shape index (κ1) is 25.8. The number of carbonyl (C=O) groups excluding carboxylic acids is 2. The average molecular weight is 517 g/mol. The van der Waals surface area contributed by atoms with Gasteiger partial charge in [0.05, 0.1) is 26.3 Å². The van der Waals surface area contributed by atoms with E-state index < -0.39 is 24.0 Å². The van der Waals surface area contributed by atoms with Crippen molar-refractivity contribution in [1.82, 2.24) is 4.90 Å². The van der Waals surface area contributed by atoms with Crippen LogP contribution < -0.4 is 14.4 Å². The normalized spacial score (nSPS) is 27.2. The number of carbonyl (C=O) groups is 2. The second-order valence-corrected chi connectivity index (χ2v) is 9.71. The minimum atomic E-state index is -1.65. The number of nitrogens with zero attached hydrogens (tertiary/aromatic N) is 2. The highest BCUT2D eigenvalue weighted by Gasteiger charge is 2.57. The van der Waals surface area contributed by atoms with Crippen LogP contribution in [0.25, 0.3) is 0 Å². The predicted molar refractivity (Wildman–Crippen MR) is 142 cm³/mol. The molecule has 8 nitrogen and oxygen atoms in total. The van der Waals surface area contributed by atoms with Crippen molar-refractivity contribution in [2.45, 2.75) is 43.9 Å². The summed E-state index contributed by atoms with van der Waals surface area (Å²) in [6.45, 7) is 3.54. The molecule has 0 aliphatic carbocycles. The molecule has 0 unspecified atom stereocenters. The largest absolute Gasteiger partial charge is 0.497 e. The van der Waals surface area contributed by atoms with Gasteiger partial charge in [-0.15, -0.1) is 0 Å². The van der Waals surface area contributed by atoms with Gasteiger partial charge in [-0.05, 0) is 61.4 Å². The molecular weight excluding hydrogens is 484 g/mol. The standard InChI is InChI=1S/C30H32N2O6/c1-19-26(21-9-7-6-8-10-21)37-30(2,29(34)31(19)3)38-27-25(20-11-15-23(35-4)16-12-20)32(28(27)33)22-13-17-24(36-5)18-14-22/h6-19,25-27H,1-5H3/t19-,25+,26-,27-,30+/m0/s1. The summed E-state index contributed by atoms with van der Waals surface area (Å²) in [6.07, 6.45) is -1.35. The number of hydrogen-bond acceptors (Lipinski definition) is 6. The predicted octanol–water partition coefficient (Wildman–Crippen LogP) is 4.51. The van der Waals surface area contributed by atoms with Gasteiger partial charge in [-0.25, -0.2) is 0 Å². The maximum atomic E-state index is 13.6. The van der Waals surface area contributed by atoms with Crippen LogP contribution >= 0.6 is 0 Å². The fourth-order valence-electron chi connectivity index (χ4n) is 5.14. The molecule has 2 amide bonds. The van der Waals surface area contributed by atoms with Crippen LogP contribution in [0.1, 0.15) is 37.1 Å². The topological polar surface area (TPSA) is 77.5 Å². The zero-order chi connectivity index (χ0) is 27.0. The molecule has 2 saturated heterocycles. The molecule has 2 heterocycles. The molecule has 0 bridgehead atoms. The number of hydrogen-bond donors (Lipinski definition) is 0. The Kier molecular flexibility index (Phi) is 6.86. The molecule has 5 rings (SSSR count). The van der Waals surface area contributed by atoms with E-state index in [-0.39, 0.29) is 17.9 Å². The Labute approximate surface area is 222 Å². The number of benzene rings is 3. The third kappa shape index (κ3) is 4.40. The van der Waals surface area contributed by atoms with E-state index in [1.165, 1.54) is 0 Å². The lowest BCUT2D eigenvalue weighted by atomic mass is 9.89. The van der Waals surface area contributed by atoms with E-state index in [4.69, 9.17) is 18.9 Å². The van der Waals surface area contributed by atoms with Gasteiger partial charge < -0.3 is 23.8 Å². The zero-order valence-corrected chi connectivity index (χ0v) is 22.2. The van der Waals surface area contributed by atoms with Crippen LogP contribution in [0, 0.1) is 0 Å². The Morgan fingerprint density at radius 2 is 1.39 bits per heavy atom. The summed E-state index contributed by atoms with van der Waals surface area (Å²) in [6, 6.07) is 23.8. The van der Waals surface area contributed by atoms with Crippen LogP contribution in [-0.4, -0.2) is 55.9 Å². The first-order chi connectivity index (χ1) is 18.3. The summed E-state index contributed by atoms with van der Waals surface area (Å²) in [5, 5.41) is 0. The van der Waals surface area contributed by atoms with Crippen LogP contribution in [0.3, 0.4) is 0 Å². The monoisotopic (exact) mass is 516 g/mol. The van der Waals surface area contributed by atoms with Crippen molar-refractivity contribution in [2.24, 2.45) is 0 Å². The van der Waals surface area contributed by atoms with E-state index >= 15 is 0 Å². The molecule has 0 aromatic heterocycles. The highest BCUT2D eigenvalue weighted by atomic mass is 16.7. The third-order valence-electron chi connectivity index (χ3n) is 7.44. The SMILES string of the molecule is COc1ccc([C@@H]2[C@H](O[C@@]3(C)O[C@H](c4ccccc4)[C@H](C)N(C)C3=O)C(=O)N2c2ccc(OC)cc2)cc1. The Bertz CT molecular complexity index is 1300. The van der Waals surface area contributed by atoms with Gasteiger partial charge in [-0.3, -0.25) is 14.5 Å². The van der Waals surface area contributed by atoms with Gasteiger partial charge in [-0.2, -0.15) is 0 Å². The Morgan fingerprint density at radius 1 is 0.816 bits per heavy atom. The van der Waals surface area contributed by atoms with Gasteiger partial charge in [0.1, 0.15) is 17.6 Å². The van der Waals surface area contributed by atoms with Gasteiger partial charge in [0.25, 0.3) is 11.8 Å². The van der Waals surface area contributed by atoms with Crippen LogP contribution in [0.4, 0.5) is 5.69 Å². The van der Waals surface area contributed by atoms with Crippen LogP contribution in [-0.2, 0) is 19.1 Å². The van der Waals surface area contributed by atoms with Crippen LogP contribution in [0.15, 0.2) is 78.9 Å². The first-order valence-corrected chi connectivity index (χ1v) is 12.6. The van der Waals surface area contributed by atoms with Gasteiger partial charge in [0, 0.05) is 12.7 Å². The number of methoxy groups -OCH3 is 2. The van der Waals surface area contributed by atoms with Gasteiger partial charge in [0.2, 0.25) is 5.79 Å². The Morgan fingerprint density at radius 3 is 1.97 bits per heavy atom. The lowest BCUT2D eigenvalue weighted by molar-refractivity contribution is -0.290. The maximum Gasteiger partial charge on any atom is 0.282 e. The van der Waals surface area contributed by atoms with Crippen molar-refractivity contribution in [3.05, 3.63) is 90.0 Å². The summed E-state index contributed by atoms with van der Waals surface area (Å²) < 4.78 is 23.3. The second kappa shape index (κ2) is 10.1. The molecule has 2 fully saturated rings. The van der Waals surface area contributed by atoms with Crippen LogP contribution in [0.2, 0.25) is 0 Å². The number of likely N-dealkylation sites (N-methyl/N-ethyl adjacent to an activating group) is 1. The fraction of sp³-hybridized carbons (Fsp3) is 0.333. The molecule has 3 aromatic rings. The Balaban J connectivity index is 1.48. The minimum absolute atomic E-state index is 0.216. The number of β-lactam (4-membered cyclic amide) rings is 1. The quantitative estimate of drug-likeness (QED) is 0.430. The maximum absolute atomic E-state index is 13.6. The molecule has 0 radical (unpaired) electrons. The molecule has 0 spiro atoms. The summed E-state index contributed by atoms with van der Waals surface area (Å²) in [7, 11) is 4.93. The van der Waals surface area contributed by atoms with Gasteiger partial charge >= 0.3 is 0 Å². The van der Waals surface area contributed by atoms with Crippen molar-refractivity contribution in [3.63, 3.8) is 0 Å². The molecule has 8 heteroatoms. The second-order valence-electron chi connectivity index (χ2n) is 9.71. The molecular formula is C30H32N2O6. The average Bonchev–Trinajstić information content (AvgIpc) is 2.96. The summed E-state index contributed by atoms with van der Waals surface area (Å²) in [5.74, 6) is -0.855. The highest BCUT2D eigenvalue weighted by Crippen LogP contribution is 2.45. The highest BCUT2D eigenvalue weighted by molar-refractivity contribution is 6.05. The number of rotatable bonds is 7. The molecule has 2 aliphatic rings. The molecule has 0 saturated carbocycles. The van der Waals surface area contributed by atoms with Crippen molar-refractivity contribution >= 4 is 17.5 Å². The zero-order valence-electron chi connectivity index (χ0n) is 22.2. The molecule has 5 atom stereocenters. The smallest absolute Gasteiger partial charge is 0.282 e. The molecule has 3 aromatic carbocycles. The van der Waals surface area contributed by atoms with Crippen molar-refractivity contribution in [1.29, 1.82) is 0 Å². The van der Waals surface area contributed by atoms with E-state index in [0.717, 1.165) is 11.1 Å². The van der Waals surface area contributed by atoms with Gasteiger partial charge in [0.15, 0.2) is 6.10 Å². The summed E-state index contributed by atoms with van der Waals surface area (Å²) in [5.41, 5.74) is 2.48. The number of amides is 2. The van der Waals surface area contributed by atoms with E-state index in [0.29, 0.717) is 17.2 Å². The number of anilines is 1.